The number of amides is 2. The predicted molar refractivity (Wildman–Crippen MR) is 74.3 cm³/mol. The Hall–Kier alpha value is -1.76. The van der Waals surface area contributed by atoms with E-state index in [1.165, 1.54) is 6.07 Å². The van der Waals surface area contributed by atoms with E-state index in [0.29, 0.717) is 0 Å². The molecule has 7 heteroatoms. The first-order chi connectivity index (χ1) is 8.63. The minimum Gasteiger partial charge on any atom is -0.398 e. The SMILES string of the molecule is Cc1cc(N)c(S(=O)(=O)NC(=O)NC(C)C)cc1C. The van der Waals surface area contributed by atoms with Gasteiger partial charge in [-0.05, 0) is 51.0 Å². The van der Waals surface area contributed by atoms with Gasteiger partial charge in [-0.15, -0.1) is 0 Å². The van der Waals surface area contributed by atoms with E-state index in [-0.39, 0.29) is 16.6 Å². The second-order valence-corrected chi connectivity index (χ2v) is 6.36. The van der Waals surface area contributed by atoms with Gasteiger partial charge in [0, 0.05) is 6.04 Å². The summed E-state index contributed by atoms with van der Waals surface area (Å²) in [6, 6.07) is 2.10. The van der Waals surface area contributed by atoms with Crippen LogP contribution in [0.1, 0.15) is 25.0 Å². The third kappa shape index (κ3) is 3.85. The van der Waals surface area contributed by atoms with E-state index < -0.39 is 16.1 Å². The number of nitrogens with one attached hydrogen (secondary N) is 2. The number of sulfonamides is 1. The van der Waals surface area contributed by atoms with Gasteiger partial charge in [-0.2, -0.15) is 0 Å². The molecule has 2 amide bonds. The Bertz CT molecular complexity index is 594. The molecule has 0 fully saturated rings. The highest BCUT2D eigenvalue weighted by Gasteiger charge is 2.21. The number of anilines is 1. The quantitative estimate of drug-likeness (QED) is 0.728. The molecule has 0 saturated heterocycles. The Balaban J connectivity index is 3.08. The summed E-state index contributed by atoms with van der Waals surface area (Å²) in [5.41, 5.74) is 7.50. The number of urea groups is 1. The number of hydrogen-bond donors (Lipinski definition) is 3. The standard InChI is InChI=1S/C12H19N3O3S/c1-7(2)14-12(16)15-19(17,18)11-6-9(4)8(3)5-10(11)13/h5-7H,13H2,1-4H3,(H2,14,15,16). The summed E-state index contributed by atoms with van der Waals surface area (Å²) in [4.78, 5) is 11.4. The van der Waals surface area contributed by atoms with Crippen molar-refractivity contribution in [2.75, 3.05) is 5.73 Å². The van der Waals surface area contributed by atoms with Crippen LogP contribution in [0.25, 0.3) is 0 Å². The van der Waals surface area contributed by atoms with E-state index in [1.54, 1.807) is 26.8 Å². The average Bonchev–Trinajstić information content (AvgIpc) is 2.20. The molecule has 106 valence electrons. The Labute approximate surface area is 113 Å². The maximum Gasteiger partial charge on any atom is 0.328 e. The summed E-state index contributed by atoms with van der Waals surface area (Å²) in [7, 11) is -3.96. The van der Waals surface area contributed by atoms with Crippen LogP contribution in [0.3, 0.4) is 0 Å². The van der Waals surface area contributed by atoms with Gasteiger partial charge in [0.2, 0.25) is 0 Å². The Morgan fingerprint density at radius 1 is 1.21 bits per heavy atom. The number of carbonyl (C=O) groups is 1. The molecule has 0 unspecified atom stereocenters. The lowest BCUT2D eigenvalue weighted by atomic mass is 10.1. The molecule has 1 rings (SSSR count). The van der Waals surface area contributed by atoms with Crippen molar-refractivity contribution in [3.8, 4) is 0 Å². The smallest absolute Gasteiger partial charge is 0.328 e. The number of nitrogen functional groups attached to an aromatic ring is 1. The van der Waals surface area contributed by atoms with Gasteiger partial charge in [-0.1, -0.05) is 0 Å². The van der Waals surface area contributed by atoms with Crippen LogP contribution in [-0.2, 0) is 10.0 Å². The van der Waals surface area contributed by atoms with Gasteiger partial charge in [0.25, 0.3) is 10.0 Å². The molecule has 0 saturated carbocycles. The largest absolute Gasteiger partial charge is 0.398 e. The highest BCUT2D eigenvalue weighted by molar-refractivity contribution is 7.90. The molecular formula is C12H19N3O3S. The molecule has 0 spiro atoms. The number of aryl methyl sites for hydroxylation is 2. The van der Waals surface area contributed by atoms with Crippen LogP contribution in [0, 0.1) is 13.8 Å². The minimum atomic E-state index is -3.96. The number of carbonyl (C=O) groups excluding carboxylic acids is 1. The van der Waals surface area contributed by atoms with Gasteiger partial charge in [0.15, 0.2) is 0 Å². The van der Waals surface area contributed by atoms with Crippen molar-refractivity contribution >= 4 is 21.7 Å². The highest BCUT2D eigenvalue weighted by atomic mass is 32.2. The van der Waals surface area contributed by atoms with Crippen LogP contribution in [0.5, 0.6) is 0 Å². The fraction of sp³-hybridized carbons (Fsp3) is 0.417. The van der Waals surface area contributed by atoms with Gasteiger partial charge in [-0.3, -0.25) is 0 Å². The van der Waals surface area contributed by atoms with Crippen LogP contribution in [0.4, 0.5) is 10.5 Å². The van der Waals surface area contributed by atoms with Crippen LogP contribution in [-0.4, -0.2) is 20.5 Å². The van der Waals surface area contributed by atoms with E-state index >= 15 is 0 Å². The molecule has 0 aliphatic rings. The summed E-state index contributed by atoms with van der Waals surface area (Å²) in [6.07, 6.45) is 0. The van der Waals surface area contributed by atoms with E-state index in [0.717, 1.165) is 11.1 Å². The van der Waals surface area contributed by atoms with Crippen LogP contribution >= 0.6 is 0 Å². The average molecular weight is 285 g/mol. The van der Waals surface area contributed by atoms with E-state index in [9.17, 15) is 13.2 Å². The van der Waals surface area contributed by atoms with Crippen molar-refractivity contribution < 1.29 is 13.2 Å². The summed E-state index contributed by atoms with van der Waals surface area (Å²) in [6.45, 7) is 7.08. The van der Waals surface area contributed by atoms with Crippen molar-refractivity contribution in [3.63, 3.8) is 0 Å². The predicted octanol–water partition coefficient (Wildman–Crippen LogP) is 1.28. The molecule has 1 aromatic carbocycles. The molecule has 0 aliphatic carbocycles. The lowest BCUT2D eigenvalue weighted by Gasteiger charge is -2.13. The van der Waals surface area contributed by atoms with Gasteiger partial charge >= 0.3 is 6.03 Å². The summed E-state index contributed by atoms with van der Waals surface area (Å²) >= 11 is 0. The maximum atomic E-state index is 12.1. The Morgan fingerprint density at radius 2 is 1.74 bits per heavy atom. The number of rotatable bonds is 3. The molecule has 4 N–H and O–H groups in total. The van der Waals surface area contributed by atoms with E-state index in [2.05, 4.69) is 5.32 Å². The fourth-order valence-electron chi connectivity index (χ4n) is 1.51. The van der Waals surface area contributed by atoms with E-state index in [4.69, 9.17) is 5.73 Å². The molecule has 0 heterocycles. The lowest BCUT2D eigenvalue weighted by Crippen LogP contribution is -2.42. The lowest BCUT2D eigenvalue weighted by molar-refractivity contribution is 0.243. The van der Waals surface area contributed by atoms with Gasteiger partial charge < -0.3 is 11.1 Å². The molecular weight excluding hydrogens is 266 g/mol. The zero-order valence-electron chi connectivity index (χ0n) is 11.4. The fourth-order valence-corrected chi connectivity index (χ4v) is 2.63. The van der Waals surface area contributed by atoms with Crippen LogP contribution < -0.4 is 15.8 Å². The zero-order chi connectivity index (χ0) is 14.8. The monoisotopic (exact) mass is 285 g/mol. The molecule has 0 radical (unpaired) electrons. The molecule has 0 atom stereocenters. The molecule has 19 heavy (non-hydrogen) atoms. The van der Waals surface area contributed by atoms with Crippen molar-refractivity contribution in [1.82, 2.24) is 10.0 Å². The maximum absolute atomic E-state index is 12.1. The summed E-state index contributed by atoms with van der Waals surface area (Å²) < 4.78 is 26.0. The van der Waals surface area contributed by atoms with Crippen molar-refractivity contribution in [2.45, 2.75) is 38.6 Å². The molecule has 0 aromatic heterocycles. The van der Waals surface area contributed by atoms with Gasteiger partial charge in [-0.25, -0.2) is 17.9 Å². The van der Waals surface area contributed by atoms with Crippen molar-refractivity contribution in [2.24, 2.45) is 0 Å². The third-order valence-electron chi connectivity index (χ3n) is 2.56. The second kappa shape index (κ2) is 5.48. The zero-order valence-corrected chi connectivity index (χ0v) is 12.3. The van der Waals surface area contributed by atoms with Crippen molar-refractivity contribution in [3.05, 3.63) is 23.3 Å². The Kier molecular flexibility index (Phi) is 4.41. The molecule has 6 nitrogen and oxygen atoms in total. The molecule has 0 aliphatic heterocycles. The third-order valence-corrected chi connectivity index (χ3v) is 3.95. The first kappa shape index (κ1) is 15.3. The van der Waals surface area contributed by atoms with Gasteiger partial charge in [0.05, 0.1) is 5.69 Å². The second-order valence-electron chi connectivity index (χ2n) is 4.71. The van der Waals surface area contributed by atoms with E-state index in [1.807, 2.05) is 11.6 Å². The van der Waals surface area contributed by atoms with Crippen LogP contribution in [0.2, 0.25) is 0 Å². The number of benzene rings is 1. The molecule has 0 bridgehead atoms. The summed E-state index contributed by atoms with van der Waals surface area (Å²) in [5.74, 6) is 0. The Morgan fingerprint density at radius 3 is 2.26 bits per heavy atom. The topological polar surface area (TPSA) is 101 Å². The minimum absolute atomic E-state index is 0.0884. The number of nitrogens with two attached hydrogens (primary N) is 1. The normalized spacial score (nSPS) is 11.4. The first-order valence-corrected chi connectivity index (χ1v) is 7.32. The highest BCUT2D eigenvalue weighted by Crippen LogP contribution is 2.22. The summed E-state index contributed by atoms with van der Waals surface area (Å²) in [5, 5.41) is 2.44. The molecule has 1 aromatic rings. The first-order valence-electron chi connectivity index (χ1n) is 5.83. The van der Waals surface area contributed by atoms with Crippen LogP contribution in [0.15, 0.2) is 17.0 Å². The van der Waals surface area contributed by atoms with Crippen molar-refractivity contribution in [1.29, 1.82) is 0 Å². The van der Waals surface area contributed by atoms with Gasteiger partial charge in [0.1, 0.15) is 4.90 Å². The number of hydrogen-bond acceptors (Lipinski definition) is 4.